The highest BCUT2D eigenvalue weighted by Gasteiger charge is 2.10. The van der Waals surface area contributed by atoms with E-state index < -0.39 is 0 Å². The van der Waals surface area contributed by atoms with Gasteiger partial charge in [0.05, 0.1) is 0 Å². The average molecular weight is 181 g/mol. The Labute approximate surface area is 75.8 Å². The molecule has 0 aliphatic heterocycles. The summed E-state index contributed by atoms with van der Waals surface area (Å²) in [5.41, 5.74) is 6.12. The van der Waals surface area contributed by atoms with E-state index in [-0.39, 0.29) is 0 Å². The minimum Gasteiger partial charge on any atom is -0.382 e. The van der Waals surface area contributed by atoms with Crippen LogP contribution in [-0.2, 0) is 4.79 Å². The number of rotatable bonds is 3. The number of amides is 1. The van der Waals surface area contributed by atoms with E-state index in [1.807, 2.05) is 0 Å². The summed E-state index contributed by atoms with van der Waals surface area (Å²) in [7, 11) is 3.28. The van der Waals surface area contributed by atoms with Gasteiger partial charge in [-0.2, -0.15) is 0 Å². The van der Waals surface area contributed by atoms with Crippen molar-refractivity contribution in [3.05, 3.63) is 6.33 Å². The minimum absolute atomic E-state index is 0.321. The van der Waals surface area contributed by atoms with Crippen molar-refractivity contribution in [2.45, 2.75) is 0 Å². The zero-order valence-corrected chi connectivity index (χ0v) is 7.48. The number of anilines is 3. The van der Waals surface area contributed by atoms with Crippen LogP contribution in [0.2, 0.25) is 0 Å². The first-order chi connectivity index (χ1) is 6.20. The summed E-state index contributed by atoms with van der Waals surface area (Å²) < 4.78 is 0. The number of nitrogen functional groups attached to an aromatic ring is 1. The Morgan fingerprint density at radius 1 is 1.62 bits per heavy atom. The van der Waals surface area contributed by atoms with Crippen LogP contribution in [0, 0.1) is 0 Å². The van der Waals surface area contributed by atoms with Crippen molar-refractivity contribution in [1.82, 2.24) is 9.97 Å². The second-order valence-corrected chi connectivity index (χ2v) is 2.42. The predicted molar refractivity (Wildman–Crippen MR) is 50.5 cm³/mol. The topological polar surface area (TPSA) is 84.1 Å². The number of hydrogen-bond donors (Lipinski definition) is 2. The molecule has 1 aromatic rings. The largest absolute Gasteiger partial charge is 0.382 e. The molecule has 0 aromatic carbocycles. The van der Waals surface area contributed by atoms with Gasteiger partial charge in [0.25, 0.3) is 0 Å². The molecular weight excluding hydrogens is 170 g/mol. The lowest BCUT2D eigenvalue weighted by molar-refractivity contribution is -0.107. The fourth-order valence-corrected chi connectivity index (χ4v) is 0.947. The fraction of sp³-hybridized carbons (Fsp3) is 0.286. The van der Waals surface area contributed by atoms with Crippen molar-refractivity contribution in [3.8, 4) is 0 Å². The van der Waals surface area contributed by atoms with Crippen molar-refractivity contribution in [2.75, 3.05) is 30.0 Å². The van der Waals surface area contributed by atoms with Gasteiger partial charge in [0, 0.05) is 14.1 Å². The molecule has 6 heteroatoms. The van der Waals surface area contributed by atoms with Crippen LogP contribution in [0.3, 0.4) is 0 Å². The summed E-state index contributed by atoms with van der Waals surface area (Å²) >= 11 is 0. The van der Waals surface area contributed by atoms with Crippen LogP contribution in [0.5, 0.6) is 0 Å². The molecule has 0 radical (unpaired) electrons. The van der Waals surface area contributed by atoms with E-state index >= 15 is 0 Å². The SMILES string of the molecule is CNc1c(N)ncnc1N(C)C=O. The fourth-order valence-electron chi connectivity index (χ4n) is 0.947. The molecule has 3 N–H and O–H groups in total. The van der Waals surface area contributed by atoms with Gasteiger partial charge in [-0.1, -0.05) is 0 Å². The van der Waals surface area contributed by atoms with Crippen LogP contribution in [0.15, 0.2) is 6.33 Å². The molecule has 1 rings (SSSR count). The van der Waals surface area contributed by atoms with Gasteiger partial charge in [0.2, 0.25) is 6.41 Å². The van der Waals surface area contributed by atoms with Gasteiger partial charge in [-0.3, -0.25) is 4.79 Å². The second kappa shape index (κ2) is 3.70. The Kier molecular flexibility index (Phi) is 2.63. The number of nitrogens with zero attached hydrogens (tertiary/aromatic N) is 3. The van der Waals surface area contributed by atoms with Crippen LogP contribution in [0.25, 0.3) is 0 Å². The van der Waals surface area contributed by atoms with Crippen molar-refractivity contribution in [2.24, 2.45) is 0 Å². The first-order valence-electron chi connectivity index (χ1n) is 3.67. The summed E-state index contributed by atoms with van der Waals surface area (Å²) in [5.74, 6) is 0.784. The van der Waals surface area contributed by atoms with Crippen LogP contribution < -0.4 is 16.0 Å². The third kappa shape index (κ3) is 1.66. The highest BCUT2D eigenvalue weighted by molar-refractivity contribution is 5.84. The molecule has 1 amide bonds. The Hall–Kier alpha value is -1.85. The van der Waals surface area contributed by atoms with Gasteiger partial charge in [0.1, 0.15) is 12.0 Å². The normalized spacial score (nSPS) is 9.38. The van der Waals surface area contributed by atoms with E-state index in [4.69, 9.17) is 5.73 Å². The van der Waals surface area contributed by atoms with E-state index in [1.54, 1.807) is 14.1 Å². The maximum Gasteiger partial charge on any atom is 0.215 e. The summed E-state index contributed by atoms with van der Waals surface area (Å²) in [6, 6.07) is 0. The second-order valence-electron chi connectivity index (χ2n) is 2.42. The molecule has 0 saturated heterocycles. The molecule has 6 nitrogen and oxygen atoms in total. The number of carbonyl (C=O) groups excluding carboxylic acids is 1. The first kappa shape index (κ1) is 9.24. The Bertz CT molecular complexity index is 314. The van der Waals surface area contributed by atoms with Gasteiger partial charge in [-0.25, -0.2) is 9.97 Å². The number of carbonyl (C=O) groups is 1. The van der Waals surface area contributed by atoms with Crippen LogP contribution in [0.4, 0.5) is 17.3 Å². The zero-order chi connectivity index (χ0) is 9.84. The van der Waals surface area contributed by atoms with Crippen molar-refractivity contribution < 1.29 is 4.79 Å². The molecule has 0 aliphatic carbocycles. The highest BCUT2D eigenvalue weighted by atomic mass is 16.1. The van der Waals surface area contributed by atoms with E-state index in [9.17, 15) is 4.79 Å². The first-order valence-corrected chi connectivity index (χ1v) is 3.67. The quantitative estimate of drug-likeness (QED) is 0.625. The maximum absolute atomic E-state index is 10.5. The van der Waals surface area contributed by atoms with Crippen LogP contribution in [-0.4, -0.2) is 30.5 Å². The van der Waals surface area contributed by atoms with Crippen LogP contribution in [0.1, 0.15) is 0 Å². The monoisotopic (exact) mass is 181 g/mol. The van der Waals surface area contributed by atoms with Gasteiger partial charge in [-0.05, 0) is 0 Å². The summed E-state index contributed by atoms with van der Waals surface area (Å²) in [4.78, 5) is 19.5. The van der Waals surface area contributed by atoms with E-state index in [1.165, 1.54) is 11.2 Å². The molecular formula is C7H11N5O. The van der Waals surface area contributed by atoms with Crippen LogP contribution >= 0.6 is 0 Å². The van der Waals surface area contributed by atoms with Crippen molar-refractivity contribution in [1.29, 1.82) is 0 Å². The van der Waals surface area contributed by atoms with Gasteiger partial charge in [-0.15, -0.1) is 0 Å². The van der Waals surface area contributed by atoms with E-state index in [2.05, 4.69) is 15.3 Å². The zero-order valence-electron chi connectivity index (χ0n) is 7.48. The molecule has 0 aliphatic rings. The van der Waals surface area contributed by atoms with Gasteiger partial charge in [0.15, 0.2) is 11.6 Å². The predicted octanol–water partition coefficient (Wildman–Crippen LogP) is -0.307. The van der Waals surface area contributed by atoms with Crippen molar-refractivity contribution >= 4 is 23.7 Å². The maximum atomic E-state index is 10.5. The Morgan fingerprint density at radius 3 is 2.85 bits per heavy atom. The molecule has 70 valence electrons. The molecule has 1 aromatic heterocycles. The van der Waals surface area contributed by atoms with E-state index in [0.717, 1.165) is 0 Å². The third-order valence-electron chi connectivity index (χ3n) is 1.60. The molecule has 0 bridgehead atoms. The smallest absolute Gasteiger partial charge is 0.215 e. The summed E-state index contributed by atoms with van der Waals surface area (Å²) in [5, 5.41) is 2.83. The molecule has 1 heterocycles. The third-order valence-corrected chi connectivity index (χ3v) is 1.60. The highest BCUT2D eigenvalue weighted by Crippen LogP contribution is 2.24. The minimum atomic E-state index is 0.321. The number of nitrogens with two attached hydrogens (primary N) is 1. The van der Waals surface area contributed by atoms with E-state index in [0.29, 0.717) is 23.7 Å². The molecule has 13 heavy (non-hydrogen) atoms. The lowest BCUT2D eigenvalue weighted by Gasteiger charge is -2.14. The van der Waals surface area contributed by atoms with Gasteiger partial charge >= 0.3 is 0 Å². The van der Waals surface area contributed by atoms with Gasteiger partial charge < -0.3 is 16.0 Å². The summed E-state index contributed by atoms with van der Waals surface area (Å²) in [6.07, 6.45) is 1.97. The number of aromatic nitrogens is 2. The lowest BCUT2D eigenvalue weighted by atomic mass is 10.4. The Morgan fingerprint density at radius 2 is 2.31 bits per heavy atom. The number of nitrogens with one attached hydrogen (secondary N) is 1. The number of hydrogen-bond acceptors (Lipinski definition) is 5. The summed E-state index contributed by atoms with van der Waals surface area (Å²) in [6.45, 7) is 0. The molecule has 0 atom stereocenters. The Balaban J connectivity index is 3.19. The molecule has 0 unspecified atom stereocenters. The molecule has 0 spiro atoms. The van der Waals surface area contributed by atoms with Crippen molar-refractivity contribution in [3.63, 3.8) is 0 Å². The standard InChI is InChI=1S/C7H11N5O/c1-9-5-6(8)10-3-11-7(5)12(2)4-13/h3-4,9H,1-2H3,(H2,8,10,11). The lowest BCUT2D eigenvalue weighted by Crippen LogP contribution is -2.18. The molecule has 0 fully saturated rings. The average Bonchev–Trinajstić information content (AvgIpc) is 2.16. The molecule has 0 saturated carbocycles.